The van der Waals surface area contributed by atoms with Crippen molar-refractivity contribution in [3.05, 3.63) is 96.1 Å². The van der Waals surface area contributed by atoms with Gasteiger partial charge >= 0.3 is 0 Å². The fourth-order valence-electron chi connectivity index (χ4n) is 2.23. The Morgan fingerprint density at radius 3 is 2.38 bits per heavy atom. The molecule has 0 amide bonds. The maximum Gasteiger partial charge on any atom is 0.193 e. The molecule has 21 heavy (non-hydrogen) atoms. The van der Waals surface area contributed by atoms with Gasteiger partial charge in [-0.2, -0.15) is 4.57 Å². The molecule has 3 heteroatoms. The third kappa shape index (κ3) is 3.20. The summed E-state index contributed by atoms with van der Waals surface area (Å²) in [6, 6.07) is 17.1. The van der Waals surface area contributed by atoms with Crippen LogP contribution in [0.25, 0.3) is 0 Å². The van der Waals surface area contributed by atoms with Crippen LogP contribution in [0.3, 0.4) is 0 Å². The Balaban J connectivity index is 1.85. The Bertz CT molecular complexity index is 739. The Morgan fingerprint density at radius 2 is 1.62 bits per heavy atom. The topological polar surface area (TPSA) is 33.8 Å². The first-order chi connectivity index (χ1) is 10.3. The van der Waals surface area contributed by atoms with Crippen LogP contribution in [-0.4, -0.2) is 10.8 Å². The highest BCUT2D eigenvalue weighted by atomic mass is 16.1. The van der Waals surface area contributed by atoms with Gasteiger partial charge in [0.2, 0.25) is 0 Å². The molecular weight excluding hydrogens is 260 g/mol. The summed E-state index contributed by atoms with van der Waals surface area (Å²) in [5.74, 6) is 0.0529. The Hall–Kier alpha value is -2.81. The third-order valence-corrected chi connectivity index (χ3v) is 3.28. The number of rotatable bonds is 4. The van der Waals surface area contributed by atoms with Crippen LogP contribution >= 0.6 is 0 Å². The lowest BCUT2D eigenvalue weighted by Crippen LogP contribution is -2.33. The maximum atomic E-state index is 12.4. The minimum atomic E-state index is 0.0529. The molecule has 3 nitrogen and oxygen atoms in total. The molecule has 1 aromatic heterocycles. The van der Waals surface area contributed by atoms with Gasteiger partial charge in [-0.3, -0.25) is 9.78 Å². The molecule has 0 fully saturated rings. The monoisotopic (exact) mass is 275 g/mol. The van der Waals surface area contributed by atoms with Crippen molar-refractivity contribution in [2.24, 2.45) is 0 Å². The number of carbonyl (C=O) groups is 1. The van der Waals surface area contributed by atoms with E-state index < -0.39 is 0 Å². The number of nitrogens with zero attached hydrogens (tertiary/aromatic N) is 2. The lowest BCUT2D eigenvalue weighted by molar-refractivity contribution is -0.688. The van der Waals surface area contributed by atoms with Crippen LogP contribution in [0.4, 0.5) is 0 Å². The number of benzene rings is 2. The summed E-state index contributed by atoms with van der Waals surface area (Å²) in [7, 11) is 0. The molecule has 3 rings (SSSR count). The summed E-state index contributed by atoms with van der Waals surface area (Å²) in [5, 5.41) is 0. The predicted octanol–water partition coefficient (Wildman–Crippen LogP) is 2.65. The van der Waals surface area contributed by atoms with Gasteiger partial charge in [0, 0.05) is 16.7 Å². The van der Waals surface area contributed by atoms with E-state index in [4.69, 9.17) is 0 Å². The molecule has 0 saturated carbocycles. The van der Waals surface area contributed by atoms with Crippen molar-refractivity contribution in [2.75, 3.05) is 0 Å². The molecule has 0 saturated heterocycles. The van der Waals surface area contributed by atoms with Crippen LogP contribution in [0.2, 0.25) is 0 Å². The zero-order chi connectivity index (χ0) is 14.5. The smallest absolute Gasteiger partial charge is 0.193 e. The summed E-state index contributed by atoms with van der Waals surface area (Å²) < 4.78 is 2.03. The van der Waals surface area contributed by atoms with Gasteiger partial charge in [-0.15, -0.1) is 0 Å². The second kappa shape index (κ2) is 6.09. The molecule has 102 valence electrons. The first-order valence-corrected chi connectivity index (χ1v) is 6.81. The van der Waals surface area contributed by atoms with E-state index in [0.29, 0.717) is 11.1 Å². The van der Waals surface area contributed by atoms with Gasteiger partial charge in [-0.1, -0.05) is 48.5 Å². The van der Waals surface area contributed by atoms with E-state index in [1.165, 1.54) is 0 Å². The van der Waals surface area contributed by atoms with Gasteiger partial charge < -0.3 is 0 Å². The number of aromatic nitrogens is 2. The second-order valence-electron chi connectivity index (χ2n) is 4.81. The molecule has 1 heterocycles. The van der Waals surface area contributed by atoms with Crippen molar-refractivity contribution in [3.63, 3.8) is 0 Å². The summed E-state index contributed by atoms with van der Waals surface area (Å²) in [4.78, 5) is 16.4. The first kappa shape index (κ1) is 13.2. The molecule has 0 aliphatic heterocycles. The second-order valence-corrected chi connectivity index (χ2v) is 4.81. The van der Waals surface area contributed by atoms with E-state index in [-0.39, 0.29) is 5.78 Å². The van der Waals surface area contributed by atoms with Crippen molar-refractivity contribution in [1.29, 1.82) is 0 Å². The van der Waals surface area contributed by atoms with Crippen molar-refractivity contribution in [1.82, 2.24) is 4.98 Å². The van der Waals surface area contributed by atoms with Crippen LogP contribution in [0.5, 0.6) is 0 Å². The van der Waals surface area contributed by atoms with Crippen LogP contribution in [0.1, 0.15) is 21.5 Å². The molecule has 0 aliphatic rings. The maximum absolute atomic E-state index is 12.4. The number of ketones is 1. The van der Waals surface area contributed by atoms with E-state index in [9.17, 15) is 4.79 Å². The van der Waals surface area contributed by atoms with Gasteiger partial charge in [0.1, 0.15) is 0 Å². The lowest BCUT2D eigenvalue weighted by Gasteiger charge is -2.03. The van der Waals surface area contributed by atoms with E-state index in [0.717, 1.165) is 12.1 Å². The van der Waals surface area contributed by atoms with E-state index >= 15 is 0 Å². The highest BCUT2D eigenvalue weighted by molar-refractivity contribution is 6.09. The van der Waals surface area contributed by atoms with Gasteiger partial charge in [0.05, 0.1) is 12.4 Å². The molecule has 0 radical (unpaired) electrons. The number of hydrogen-bond acceptors (Lipinski definition) is 2. The van der Waals surface area contributed by atoms with Gasteiger partial charge in [-0.05, 0) is 6.07 Å². The molecule has 0 atom stereocenters. The summed E-state index contributed by atoms with van der Waals surface area (Å²) in [5.41, 5.74) is 2.52. The molecule has 0 bridgehead atoms. The summed E-state index contributed by atoms with van der Waals surface area (Å²) in [6.45, 7) is 0.721. The van der Waals surface area contributed by atoms with Gasteiger partial charge in [0.25, 0.3) is 0 Å². The van der Waals surface area contributed by atoms with Crippen molar-refractivity contribution in [3.8, 4) is 0 Å². The molecule has 3 aromatic rings. The fraction of sp³-hybridized carbons (Fsp3) is 0.0556. The highest BCUT2D eigenvalue weighted by Gasteiger charge is 2.10. The van der Waals surface area contributed by atoms with Crippen LogP contribution in [0.15, 0.2) is 79.4 Å². The summed E-state index contributed by atoms with van der Waals surface area (Å²) in [6.07, 6.45) is 7.31. The van der Waals surface area contributed by atoms with Crippen molar-refractivity contribution < 1.29 is 9.36 Å². The fourth-order valence-corrected chi connectivity index (χ4v) is 2.23. The first-order valence-electron chi connectivity index (χ1n) is 6.81. The van der Waals surface area contributed by atoms with E-state index in [1.807, 2.05) is 71.6 Å². The average Bonchev–Trinajstić information content (AvgIpc) is 2.56. The van der Waals surface area contributed by atoms with Crippen LogP contribution in [0, 0.1) is 0 Å². The minimum Gasteiger partial charge on any atom is -0.289 e. The predicted molar refractivity (Wildman–Crippen MR) is 79.9 cm³/mol. The standard InChI is InChI=1S/C18H15N2O/c21-18(16-6-2-1-3-7-16)17-8-4-5-15(13-17)14-20-11-9-19-10-12-20/h1-13H,14H2/q+1. The molecule has 0 unspecified atom stereocenters. The SMILES string of the molecule is O=C(c1ccccc1)c1cccc(C[n+]2ccncc2)c1. The zero-order valence-electron chi connectivity index (χ0n) is 11.5. The van der Waals surface area contributed by atoms with E-state index in [2.05, 4.69) is 4.98 Å². The van der Waals surface area contributed by atoms with Crippen molar-refractivity contribution in [2.45, 2.75) is 6.54 Å². The highest BCUT2D eigenvalue weighted by Crippen LogP contribution is 2.11. The third-order valence-electron chi connectivity index (χ3n) is 3.28. The van der Waals surface area contributed by atoms with Crippen LogP contribution in [-0.2, 0) is 6.54 Å². The Kier molecular flexibility index (Phi) is 3.83. The normalized spacial score (nSPS) is 10.3. The average molecular weight is 275 g/mol. The molecule has 0 spiro atoms. The van der Waals surface area contributed by atoms with E-state index in [1.54, 1.807) is 12.4 Å². The lowest BCUT2D eigenvalue weighted by atomic mass is 10.0. The molecule has 2 aromatic carbocycles. The Labute approximate surface area is 123 Å². The molecule has 0 N–H and O–H groups in total. The Morgan fingerprint density at radius 1 is 0.905 bits per heavy atom. The molecule has 0 aliphatic carbocycles. The number of carbonyl (C=O) groups excluding carboxylic acids is 1. The molecular formula is C18H15N2O+. The van der Waals surface area contributed by atoms with Crippen LogP contribution < -0.4 is 4.57 Å². The summed E-state index contributed by atoms with van der Waals surface area (Å²) >= 11 is 0. The van der Waals surface area contributed by atoms with Gasteiger partial charge in [0.15, 0.2) is 24.7 Å². The quantitative estimate of drug-likeness (QED) is 0.542. The minimum absolute atomic E-state index is 0.0529. The van der Waals surface area contributed by atoms with Crippen molar-refractivity contribution >= 4 is 5.78 Å². The largest absolute Gasteiger partial charge is 0.289 e. The number of hydrogen-bond donors (Lipinski definition) is 0. The van der Waals surface area contributed by atoms with Gasteiger partial charge in [-0.25, -0.2) is 0 Å². The zero-order valence-corrected chi connectivity index (χ0v) is 11.5.